The van der Waals surface area contributed by atoms with E-state index in [4.69, 9.17) is 5.26 Å². The normalized spacial score (nSPS) is 27.8. The average Bonchev–Trinajstić information content (AvgIpc) is 2.66. The van der Waals surface area contributed by atoms with Gasteiger partial charge in [-0.3, -0.25) is 4.79 Å². The third-order valence-electron chi connectivity index (χ3n) is 3.37. The highest BCUT2D eigenvalue weighted by Crippen LogP contribution is 2.40. The molecule has 2 rings (SSSR count). The second-order valence-corrected chi connectivity index (χ2v) is 5.80. The predicted molar refractivity (Wildman–Crippen MR) is 60.4 cm³/mol. The molecule has 0 bridgehead atoms. The van der Waals surface area contributed by atoms with Crippen molar-refractivity contribution in [3.8, 4) is 6.07 Å². The number of rotatable bonds is 3. The molecular weight excluding hydrogens is 208 g/mol. The molecule has 2 fully saturated rings. The Morgan fingerprint density at radius 3 is 2.80 bits per heavy atom. The Kier molecular flexibility index (Phi) is 3.20. The van der Waals surface area contributed by atoms with Gasteiger partial charge < -0.3 is 5.32 Å². The van der Waals surface area contributed by atoms with Crippen LogP contribution in [0.15, 0.2) is 0 Å². The number of nitrogens with zero attached hydrogens (tertiary/aromatic N) is 1. The van der Waals surface area contributed by atoms with Crippen LogP contribution in [-0.2, 0) is 4.79 Å². The van der Waals surface area contributed by atoms with Gasteiger partial charge in [0.2, 0.25) is 5.91 Å². The van der Waals surface area contributed by atoms with Crippen molar-refractivity contribution in [3.05, 3.63) is 0 Å². The number of hydrogen-bond donors (Lipinski definition) is 1. The molecule has 1 saturated heterocycles. The third-order valence-corrected chi connectivity index (χ3v) is 4.77. The van der Waals surface area contributed by atoms with E-state index in [1.807, 2.05) is 11.8 Å². The molecule has 1 N–H and O–H groups in total. The molecule has 15 heavy (non-hydrogen) atoms. The van der Waals surface area contributed by atoms with Crippen molar-refractivity contribution in [2.75, 3.05) is 12.3 Å². The molecule has 82 valence electrons. The van der Waals surface area contributed by atoms with Crippen LogP contribution in [0.2, 0.25) is 0 Å². The maximum Gasteiger partial charge on any atom is 0.240 e. The molecular formula is C11H16N2OS. The summed E-state index contributed by atoms with van der Waals surface area (Å²) in [5.41, 5.74) is -0.677. The molecule has 0 aromatic rings. The third kappa shape index (κ3) is 2.12. The smallest absolute Gasteiger partial charge is 0.240 e. The predicted octanol–water partition coefficient (Wildman–Crippen LogP) is 1.69. The lowest BCUT2D eigenvalue weighted by Gasteiger charge is -2.33. The topological polar surface area (TPSA) is 52.9 Å². The van der Waals surface area contributed by atoms with E-state index in [1.54, 1.807) is 0 Å². The highest BCUT2D eigenvalue weighted by atomic mass is 32.2. The minimum atomic E-state index is -0.677. The van der Waals surface area contributed by atoms with Gasteiger partial charge in [0.05, 0.1) is 6.07 Å². The molecule has 1 heterocycles. The molecule has 1 unspecified atom stereocenters. The molecule has 1 saturated carbocycles. The Morgan fingerprint density at radius 2 is 2.33 bits per heavy atom. The number of carbonyl (C=O) groups is 1. The zero-order valence-corrected chi connectivity index (χ0v) is 9.61. The number of nitrogens with one attached hydrogen (secondary N) is 1. The Hall–Kier alpha value is -0.690. The molecule has 4 heteroatoms. The molecule has 0 spiro atoms. The first kappa shape index (κ1) is 10.8. The van der Waals surface area contributed by atoms with E-state index >= 15 is 0 Å². The molecule has 0 aromatic heterocycles. The number of amides is 1. The van der Waals surface area contributed by atoms with Gasteiger partial charge in [0.25, 0.3) is 0 Å². The van der Waals surface area contributed by atoms with E-state index in [0.29, 0.717) is 5.25 Å². The van der Waals surface area contributed by atoms with Crippen molar-refractivity contribution in [2.45, 2.75) is 37.4 Å². The van der Waals surface area contributed by atoms with E-state index in [9.17, 15) is 4.79 Å². The standard InChI is InChI=1S/C11H16N2OS/c12-8-11(4-2-5-11)10(14)13-7-9-3-1-6-15-9/h9H,1-7H2,(H,13,14). The Morgan fingerprint density at radius 1 is 1.53 bits per heavy atom. The molecule has 3 nitrogen and oxygen atoms in total. The van der Waals surface area contributed by atoms with Gasteiger partial charge in [0.1, 0.15) is 5.41 Å². The van der Waals surface area contributed by atoms with Crippen LogP contribution in [0.1, 0.15) is 32.1 Å². The summed E-state index contributed by atoms with van der Waals surface area (Å²) >= 11 is 1.93. The van der Waals surface area contributed by atoms with E-state index in [-0.39, 0.29) is 5.91 Å². The molecule has 2 aliphatic rings. The van der Waals surface area contributed by atoms with Crippen LogP contribution in [0.25, 0.3) is 0 Å². The monoisotopic (exact) mass is 224 g/mol. The van der Waals surface area contributed by atoms with Crippen molar-refractivity contribution in [1.29, 1.82) is 5.26 Å². The summed E-state index contributed by atoms with van der Waals surface area (Å²) < 4.78 is 0. The first-order valence-electron chi connectivity index (χ1n) is 5.58. The fourth-order valence-corrected chi connectivity index (χ4v) is 3.30. The van der Waals surface area contributed by atoms with Gasteiger partial charge in [-0.1, -0.05) is 0 Å². The summed E-state index contributed by atoms with van der Waals surface area (Å²) in [5.74, 6) is 1.17. The maximum absolute atomic E-state index is 11.8. The number of thioether (sulfide) groups is 1. The molecule has 1 aliphatic heterocycles. The number of hydrogen-bond acceptors (Lipinski definition) is 3. The zero-order valence-electron chi connectivity index (χ0n) is 8.79. The zero-order chi connectivity index (χ0) is 10.7. The van der Waals surface area contributed by atoms with Gasteiger partial charge in [-0.2, -0.15) is 17.0 Å². The van der Waals surface area contributed by atoms with E-state index in [1.165, 1.54) is 18.6 Å². The second kappa shape index (κ2) is 4.44. The van der Waals surface area contributed by atoms with Crippen molar-refractivity contribution in [2.24, 2.45) is 5.41 Å². The highest BCUT2D eigenvalue weighted by Gasteiger charge is 2.44. The van der Waals surface area contributed by atoms with Crippen LogP contribution >= 0.6 is 11.8 Å². The summed E-state index contributed by atoms with van der Waals surface area (Å²) in [5, 5.41) is 12.5. The fraction of sp³-hybridized carbons (Fsp3) is 0.818. The van der Waals surface area contributed by atoms with Gasteiger partial charge >= 0.3 is 0 Å². The Labute approximate surface area is 94.6 Å². The first-order valence-corrected chi connectivity index (χ1v) is 6.63. The fourth-order valence-electron chi connectivity index (χ4n) is 2.10. The highest BCUT2D eigenvalue weighted by molar-refractivity contribution is 8.00. The quantitative estimate of drug-likeness (QED) is 0.793. The Bertz CT molecular complexity index is 287. The van der Waals surface area contributed by atoms with Crippen molar-refractivity contribution >= 4 is 17.7 Å². The second-order valence-electron chi connectivity index (χ2n) is 4.39. The van der Waals surface area contributed by atoms with Gasteiger partial charge in [-0.15, -0.1) is 0 Å². The number of carbonyl (C=O) groups excluding carboxylic acids is 1. The lowest BCUT2D eigenvalue weighted by Crippen LogP contribution is -2.46. The van der Waals surface area contributed by atoms with Crippen molar-refractivity contribution < 1.29 is 4.79 Å². The lowest BCUT2D eigenvalue weighted by atomic mass is 9.69. The maximum atomic E-state index is 11.8. The summed E-state index contributed by atoms with van der Waals surface area (Å²) in [4.78, 5) is 11.8. The van der Waals surface area contributed by atoms with Gasteiger partial charge in [0, 0.05) is 11.8 Å². The van der Waals surface area contributed by atoms with Crippen LogP contribution < -0.4 is 5.32 Å². The van der Waals surface area contributed by atoms with Crippen LogP contribution in [0.5, 0.6) is 0 Å². The first-order chi connectivity index (χ1) is 7.27. The van der Waals surface area contributed by atoms with Crippen LogP contribution in [-0.4, -0.2) is 23.5 Å². The van der Waals surface area contributed by atoms with Gasteiger partial charge in [-0.05, 0) is 37.9 Å². The van der Waals surface area contributed by atoms with Crippen LogP contribution in [0.3, 0.4) is 0 Å². The minimum Gasteiger partial charge on any atom is -0.354 e. The molecule has 1 aliphatic carbocycles. The van der Waals surface area contributed by atoms with E-state index in [0.717, 1.165) is 25.8 Å². The molecule has 0 radical (unpaired) electrons. The van der Waals surface area contributed by atoms with E-state index < -0.39 is 5.41 Å². The minimum absolute atomic E-state index is 0.0382. The largest absolute Gasteiger partial charge is 0.354 e. The number of nitriles is 1. The Balaban J connectivity index is 1.79. The summed E-state index contributed by atoms with van der Waals surface area (Å²) in [7, 11) is 0. The van der Waals surface area contributed by atoms with Crippen LogP contribution in [0, 0.1) is 16.7 Å². The molecule has 1 amide bonds. The molecule has 0 aromatic carbocycles. The van der Waals surface area contributed by atoms with E-state index in [2.05, 4.69) is 11.4 Å². The summed E-state index contributed by atoms with van der Waals surface area (Å²) in [6.07, 6.45) is 4.96. The van der Waals surface area contributed by atoms with Gasteiger partial charge in [-0.25, -0.2) is 0 Å². The SMILES string of the molecule is N#CC1(C(=O)NCC2CCCS2)CCC1. The molecule has 1 atom stereocenters. The van der Waals surface area contributed by atoms with Gasteiger partial charge in [0.15, 0.2) is 0 Å². The van der Waals surface area contributed by atoms with Crippen molar-refractivity contribution in [3.63, 3.8) is 0 Å². The van der Waals surface area contributed by atoms with Crippen molar-refractivity contribution in [1.82, 2.24) is 5.32 Å². The summed E-state index contributed by atoms with van der Waals surface area (Å²) in [6, 6.07) is 2.17. The lowest BCUT2D eigenvalue weighted by molar-refractivity contribution is -0.131. The average molecular weight is 224 g/mol. The van der Waals surface area contributed by atoms with Crippen LogP contribution in [0.4, 0.5) is 0 Å². The summed E-state index contributed by atoms with van der Waals surface area (Å²) in [6.45, 7) is 0.743.